The van der Waals surface area contributed by atoms with Crippen molar-refractivity contribution in [2.45, 2.75) is 33.5 Å². The molecule has 140 valence electrons. The van der Waals surface area contributed by atoms with Gasteiger partial charge in [0.2, 0.25) is 0 Å². The van der Waals surface area contributed by atoms with Crippen molar-refractivity contribution < 1.29 is 9.47 Å². The molecule has 0 bridgehead atoms. The summed E-state index contributed by atoms with van der Waals surface area (Å²) in [5.41, 5.74) is 4.62. The molecule has 0 saturated carbocycles. The normalized spacial score (nSPS) is 11.3. The topological polar surface area (TPSA) is 54.9 Å². The van der Waals surface area contributed by atoms with E-state index >= 15 is 0 Å². The van der Waals surface area contributed by atoms with Gasteiger partial charge >= 0.3 is 0 Å². The Morgan fingerprint density at radius 2 is 1.77 bits per heavy atom. The number of aliphatic imine (C=N–C) groups is 1. The number of aryl methyl sites for hydroxylation is 1. The Morgan fingerprint density at radius 3 is 2.46 bits per heavy atom. The summed E-state index contributed by atoms with van der Waals surface area (Å²) in [6.07, 6.45) is 0. The molecule has 0 aromatic heterocycles. The van der Waals surface area contributed by atoms with Crippen molar-refractivity contribution in [3.8, 4) is 5.75 Å². The Kier molecular flexibility index (Phi) is 7.96. The predicted octanol–water partition coefficient (Wildman–Crippen LogP) is 3.41. The van der Waals surface area contributed by atoms with Gasteiger partial charge in [-0.05, 0) is 36.6 Å². The highest BCUT2D eigenvalue weighted by molar-refractivity contribution is 5.79. The summed E-state index contributed by atoms with van der Waals surface area (Å²) < 4.78 is 10.7. The van der Waals surface area contributed by atoms with E-state index in [1.807, 2.05) is 18.2 Å². The molecule has 26 heavy (non-hydrogen) atoms. The number of ether oxygens (including phenoxy) is 2. The molecule has 5 heteroatoms. The van der Waals surface area contributed by atoms with Crippen molar-refractivity contribution in [1.29, 1.82) is 0 Å². The van der Waals surface area contributed by atoms with Gasteiger partial charge in [0, 0.05) is 25.8 Å². The number of methoxy groups -OCH3 is 2. The highest BCUT2D eigenvalue weighted by Gasteiger charge is 2.05. The standard InChI is InChI=1S/C21H29N3O2/c1-5-22-21(23-13-17-8-6-7-9-19(17)15-25-3)24-14-18-11-10-16(2)12-20(18)26-4/h6-12H,5,13-15H2,1-4H3,(H2,22,23,24). The summed E-state index contributed by atoms with van der Waals surface area (Å²) >= 11 is 0. The molecule has 0 saturated heterocycles. The SMILES string of the molecule is CCNC(=NCc1ccc(C)cc1OC)NCc1ccccc1COC. The first-order valence-corrected chi connectivity index (χ1v) is 8.89. The van der Waals surface area contributed by atoms with Crippen LogP contribution in [0, 0.1) is 6.92 Å². The van der Waals surface area contributed by atoms with E-state index in [0.717, 1.165) is 23.8 Å². The van der Waals surface area contributed by atoms with Gasteiger partial charge in [-0.3, -0.25) is 0 Å². The predicted molar refractivity (Wildman–Crippen MR) is 107 cm³/mol. The van der Waals surface area contributed by atoms with Crippen LogP contribution in [0.1, 0.15) is 29.2 Å². The van der Waals surface area contributed by atoms with E-state index in [9.17, 15) is 0 Å². The number of nitrogens with one attached hydrogen (secondary N) is 2. The highest BCUT2D eigenvalue weighted by Crippen LogP contribution is 2.20. The molecule has 0 aliphatic carbocycles. The molecule has 2 aromatic rings. The van der Waals surface area contributed by atoms with Crippen LogP contribution in [0.5, 0.6) is 5.75 Å². The Labute approximate surface area is 156 Å². The van der Waals surface area contributed by atoms with Gasteiger partial charge in [0.25, 0.3) is 0 Å². The van der Waals surface area contributed by atoms with Crippen LogP contribution in [0.15, 0.2) is 47.5 Å². The summed E-state index contributed by atoms with van der Waals surface area (Å²) in [7, 11) is 3.41. The Hall–Kier alpha value is -2.53. The first-order chi connectivity index (χ1) is 12.7. The smallest absolute Gasteiger partial charge is 0.191 e. The van der Waals surface area contributed by atoms with Crippen LogP contribution in [-0.4, -0.2) is 26.7 Å². The average molecular weight is 355 g/mol. The average Bonchev–Trinajstić information content (AvgIpc) is 2.66. The summed E-state index contributed by atoms with van der Waals surface area (Å²) in [6, 6.07) is 14.4. The second-order valence-electron chi connectivity index (χ2n) is 6.07. The maximum atomic E-state index is 5.47. The molecule has 0 amide bonds. The lowest BCUT2D eigenvalue weighted by Crippen LogP contribution is -2.37. The van der Waals surface area contributed by atoms with Crippen molar-refractivity contribution in [2.24, 2.45) is 4.99 Å². The quantitative estimate of drug-likeness (QED) is 0.563. The number of hydrogen-bond acceptors (Lipinski definition) is 3. The summed E-state index contributed by atoms with van der Waals surface area (Å²) in [5.74, 6) is 1.65. The lowest BCUT2D eigenvalue weighted by molar-refractivity contribution is 0.184. The first kappa shape index (κ1) is 19.8. The molecule has 5 nitrogen and oxygen atoms in total. The van der Waals surface area contributed by atoms with Crippen molar-refractivity contribution in [2.75, 3.05) is 20.8 Å². The third kappa shape index (κ3) is 5.77. The number of rotatable bonds is 8. The van der Waals surface area contributed by atoms with Gasteiger partial charge in [-0.2, -0.15) is 0 Å². The summed E-state index contributed by atoms with van der Waals surface area (Å²) in [6.45, 7) is 6.76. The van der Waals surface area contributed by atoms with Gasteiger partial charge in [0.15, 0.2) is 5.96 Å². The van der Waals surface area contributed by atoms with Crippen LogP contribution in [0.3, 0.4) is 0 Å². The maximum absolute atomic E-state index is 5.47. The minimum absolute atomic E-state index is 0.554. The summed E-state index contributed by atoms with van der Waals surface area (Å²) in [4.78, 5) is 4.70. The van der Waals surface area contributed by atoms with Crippen molar-refractivity contribution in [1.82, 2.24) is 10.6 Å². The van der Waals surface area contributed by atoms with Crippen LogP contribution in [-0.2, 0) is 24.4 Å². The Bertz CT molecular complexity index is 729. The molecule has 0 aliphatic heterocycles. The van der Waals surface area contributed by atoms with E-state index in [1.165, 1.54) is 16.7 Å². The molecule has 0 aliphatic rings. The number of hydrogen-bond donors (Lipinski definition) is 2. The fraction of sp³-hybridized carbons (Fsp3) is 0.381. The molecule has 2 aromatic carbocycles. The molecule has 0 atom stereocenters. The van der Waals surface area contributed by atoms with Crippen LogP contribution in [0.4, 0.5) is 0 Å². The van der Waals surface area contributed by atoms with Gasteiger partial charge in [0.1, 0.15) is 5.75 Å². The van der Waals surface area contributed by atoms with Crippen molar-refractivity contribution in [3.63, 3.8) is 0 Å². The number of nitrogens with zero attached hydrogens (tertiary/aromatic N) is 1. The minimum Gasteiger partial charge on any atom is -0.496 e. The lowest BCUT2D eigenvalue weighted by Gasteiger charge is -2.14. The zero-order valence-corrected chi connectivity index (χ0v) is 16.1. The van der Waals surface area contributed by atoms with E-state index in [2.05, 4.69) is 48.7 Å². The number of benzene rings is 2. The molecule has 0 unspecified atom stereocenters. The minimum atomic E-state index is 0.554. The molecule has 0 spiro atoms. The molecule has 2 rings (SSSR count). The Balaban J connectivity index is 2.08. The zero-order chi connectivity index (χ0) is 18.8. The van der Waals surface area contributed by atoms with Gasteiger partial charge in [-0.15, -0.1) is 0 Å². The molecular formula is C21H29N3O2. The van der Waals surface area contributed by atoms with E-state index in [-0.39, 0.29) is 0 Å². The third-order valence-corrected chi connectivity index (χ3v) is 4.06. The fourth-order valence-corrected chi connectivity index (χ4v) is 2.69. The Morgan fingerprint density at radius 1 is 1.00 bits per heavy atom. The highest BCUT2D eigenvalue weighted by atomic mass is 16.5. The molecule has 0 fully saturated rings. The fourth-order valence-electron chi connectivity index (χ4n) is 2.69. The maximum Gasteiger partial charge on any atom is 0.191 e. The zero-order valence-electron chi connectivity index (χ0n) is 16.1. The second kappa shape index (κ2) is 10.5. The van der Waals surface area contributed by atoms with Crippen LogP contribution < -0.4 is 15.4 Å². The molecular weight excluding hydrogens is 326 g/mol. The first-order valence-electron chi connectivity index (χ1n) is 8.89. The second-order valence-corrected chi connectivity index (χ2v) is 6.07. The summed E-state index contributed by atoms with van der Waals surface area (Å²) in [5, 5.41) is 6.69. The monoisotopic (exact) mass is 355 g/mol. The van der Waals surface area contributed by atoms with Crippen LogP contribution in [0.25, 0.3) is 0 Å². The largest absolute Gasteiger partial charge is 0.496 e. The van der Waals surface area contributed by atoms with Gasteiger partial charge in [0.05, 0.1) is 20.3 Å². The van der Waals surface area contributed by atoms with Gasteiger partial charge < -0.3 is 20.1 Å². The van der Waals surface area contributed by atoms with Crippen LogP contribution >= 0.6 is 0 Å². The van der Waals surface area contributed by atoms with E-state index in [4.69, 9.17) is 14.5 Å². The lowest BCUT2D eigenvalue weighted by atomic mass is 10.1. The van der Waals surface area contributed by atoms with Gasteiger partial charge in [-0.25, -0.2) is 4.99 Å². The van der Waals surface area contributed by atoms with E-state index in [1.54, 1.807) is 14.2 Å². The van der Waals surface area contributed by atoms with Crippen LogP contribution in [0.2, 0.25) is 0 Å². The molecule has 0 heterocycles. The van der Waals surface area contributed by atoms with E-state index < -0.39 is 0 Å². The molecule has 0 radical (unpaired) electrons. The molecule has 2 N–H and O–H groups in total. The third-order valence-electron chi connectivity index (χ3n) is 4.06. The number of guanidine groups is 1. The van der Waals surface area contributed by atoms with Crippen molar-refractivity contribution in [3.05, 3.63) is 64.7 Å². The van der Waals surface area contributed by atoms with E-state index in [0.29, 0.717) is 19.7 Å². The van der Waals surface area contributed by atoms with Gasteiger partial charge in [-0.1, -0.05) is 36.4 Å². The van der Waals surface area contributed by atoms with Crippen molar-refractivity contribution >= 4 is 5.96 Å².